The van der Waals surface area contributed by atoms with Gasteiger partial charge in [0.2, 0.25) is 0 Å². The molecule has 1 aromatic rings. The van der Waals surface area contributed by atoms with E-state index < -0.39 is 0 Å². The third kappa shape index (κ3) is 3.32. The Morgan fingerprint density at radius 2 is 2.11 bits per heavy atom. The zero-order valence-electron chi connectivity index (χ0n) is 11.1. The molecule has 19 heavy (non-hydrogen) atoms. The molecule has 0 spiro atoms. The lowest BCUT2D eigenvalue weighted by molar-refractivity contribution is 0.293. The maximum atomic E-state index is 6.08. The monoisotopic (exact) mass is 300 g/mol. The number of benzene rings is 1. The zero-order chi connectivity index (χ0) is 14.0. The number of nitrogens with zero attached hydrogens (tertiary/aromatic N) is 3. The van der Waals surface area contributed by atoms with E-state index in [4.69, 9.17) is 28.9 Å². The van der Waals surface area contributed by atoms with Crippen LogP contribution in [-0.2, 0) is 0 Å². The molecule has 2 rings (SSSR count). The number of guanidine groups is 1. The van der Waals surface area contributed by atoms with E-state index in [9.17, 15) is 0 Å². The molecule has 0 aromatic heterocycles. The van der Waals surface area contributed by atoms with E-state index in [0.29, 0.717) is 22.5 Å². The van der Waals surface area contributed by atoms with Gasteiger partial charge in [-0.1, -0.05) is 29.3 Å². The van der Waals surface area contributed by atoms with E-state index in [0.717, 1.165) is 18.7 Å². The number of hydrogen-bond acceptors (Lipinski definition) is 4. The fourth-order valence-corrected chi connectivity index (χ4v) is 2.42. The molecule has 1 aliphatic heterocycles. The molecule has 4 nitrogen and oxygen atoms in total. The maximum absolute atomic E-state index is 6.08. The number of aliphatic imine (C=N–C) groups is 1. The maximum Gasteiger partial charge on any atom is 0.191 e. The molecule has 6 heteroatoms. The highest BCUT2D eigenvalue weighted by Crippen LogP contribution is 2.30. The molecule has 1 aliphatic rings. The summed E-state index contributed by atoms with van der Waals surface area (Å²) in [5.41, 5.74) is 7.05. The van der Waals surface area contributed by atoms with Gasteiger partial charge in [-0.05, 0) is 31.8 Å². The van der Waals surface area contributed by atoms with Crippen LogP contribution in [0, 0.1) is 0 Å². The third-order valence-electron chi connectivity index (χ3n) is 3.21. The lowest BCUT2D eigenvalue weighted by atomic mass is 10.1. The molecule has 1 aromatic carbocycles. The van der Waals surface area contributed by atoms with Crippen molar-refractivity contribution in [2.24, 2.45) is 10.7 Å². The molecule has 2 N–H and O–H groups in total. The van der Waals surface area contributed by atoms with Crippen LogP contribution in [0.3, 0.4) is 0 Å². The molecule has 104 valence electrons. The van der Waals surface area contributed by atoms with Crippen LogP contribution < -0.4 is 5.73 Å². The predicted molar refractivity (Wildman–Crippen MR) is 81.0 cm³/mol. The molecule has 1 heterocycles. The van der Waals surface area contributed by atoms with Crippen LogP contribution in [-0.4, -0.2) is 49.5 Å². The first-order valence-corrected chi connectivity index (χ1v) is 6.91. The van der Waals surface area contributed by atoms with Crippen LogP contribution in [0.4, 0.5) is 0 Å². The largest absolute Gasteiger partial charge is 0.370 e. The van der Waals surface area contributed by atoms with Gasteiger partial charge in [0.05, 0.1) is 22.6 Å². The van der Waals surface area contributed by atoms with Crippen molar-refractivity contribution in [1.82, 2.24) is 9.80 Å². The molecule has 0 amide bonds. The van der Waals surface area contributed by atoms with Crippen LogP contribution in [0.5, 0.6) is 0 Å². The van der Waals surface area contributed by atoms with Crippen molar-refractivity contribution in [3.05, 3.63) is 33.8 Å². The van der Waals surface area contributed by atoms with E-state index in [1.165, 1.54) is 0 Å². The summed E-state index contributed by atoms with van der Waals surface area (Å²) in [6.07, 6.45) is 0. The van der Waals surface area contributed by atoms with Crippen molar-refractivity contribution < 1.29 is 0 Å². The Kier molecular flexibility index (Phi) is 4.55. The van der Waals surface area contributed by atoms with Crippen LogP contribution in [0.15, 0.2) is 23.2 Å². The molecule has 0 fully saturated rings. The highest BCUT2D eigenvalue weighted by Gasteiger charge is 2.27. The summed E-state index contributed by atoms with van der Waals surface area (Å²) in [7, 11) is 4.08. The molecule has 0 saturated heterocycles. The van der Waals surface area contributed by atoms with Gasteiger partial charge in [0.15, 0.2) is 5.96 Å². The van der Waals surface area contributed by atoms with Crippen molar-refractivity contribution in [2.75, 3.05) is 33.7 Å². The molecule has 0 bridgehead atoms. The van der Waals surface area contributed by atoms with E-state index in [-0.39, 0.29) is 6.04 Å². The average Bonchev–Trinajstić information content (AvgIpc) is 2.71. The van der Waals surface area contributed by atoms with Crippen LogP contribution in [0.1, 0.15) is 11.6 Å². The fourth-order valence-electron chi connectivity index (χ4n) is 2.11. The Bertz CT molecular complexity index is 488. The van der Waals surface area contributed by atoms with Gasteiger partial charge in [0.25, 0.3) is 0 Å². The van der Waals surface area contributed by atoms with E-state index >= 15 is 0 Å². The van der Waals surface area contributed by atoms with Gasteiger partial charge in [-0.15, -0.1) is 0 Å². The van der Waals surface area contributed by atoms with Crippen molar-refractivity contribution in [1.29, 1.82) is 0 Å². The van der Waals surface area contributed by atoms with Crippen molar-refractivity contribution in [3.63, 3.8) is 0 Å². The second-order valence-electron chi connectivity index (χ2n) is 4.88. The molecular weight excluding hydrogens is 283 g/mol. The molecule has 1 atom stereocenters. The number of likely N-dealkylation sites (N-methyl/N-ethyl adjacent to an activating group) is 1. The number of hydrogen-bond donors (Lipinski definition) is 1. The Morgan fingerprint density at radius 1 is 1.37 bits per heavy atom. The number of halogens is 2. The summed E-state index contributed by atoms with van der Waals surface area (Å²) < 4.78 is 0. The van der Waals surface area contributed by atoms with E-state index in [1.54, 1.807) is 0 Å². The SMILES string of the molecule is CN(C)CCN1C(N)=NCC1c1ccc(Cl)c(Cl)c1. The molecule has 0 saturated carbocycles. The van der Waals surface area contributed by atoms with Gasteiger partial charge in [0, 0.05) is 13.1 Å². The lowest BCUT2D eigenvalue weighted by Crippen LogP contribution is -2.40. The Hall–Kier alpha value is -0.970. The van der Waals surface area contributed by atoms with Crippen LogP contribution >= 0.6 is 23.2 Å². The summed E-state index contributed by atoms with van der Waals surface area (Å²) in [5.74, 6) is 0.595. The summed E-state index contributed by atoms with van der Waals surface area (Å²) in [5, 5.41) is 1.13. The normalized spacial score (nSPS) is 19.1. The Morgan fingerprint density at radius 3 is 2.74 bits per heavy atom. The van der Waals surface area contributed by atoms with Crippen LogP contribution in [0.25, 0.3) is 0 Å². The van der Waals surface area contributed by atoms with Gasteiger partial charge >= 0.3 is 0 Å². The highest BCUT2D eigenvalue weighted by atomic mass is 35.5. The van der Waals surface area contributed by atoms with Gasteiger partial charge in [-0.25, -0.2) is 0 Å². The summed E-state index contributed by atoms with van der Waals surface area (Å²) in [6.45, 7) is 2.43. The van der Waals surface area contributed by atoms with Crippen LogP contribution in [0.2, 0.25) is 10.0 Å². The highest BCUT2D eigenvalue weighted by molar-refractivity contribution is 6.42. The minimum atomic E-state index is 0.148. The van der Waals surface area contributed by atoms with Gasteiger partial charge < -0.3 is 15.5 Å². The second-order valence-corrected chi connectivity index (χ2v) is 5.70. The predicted octanol–water partition coefficient (Wildman–Crippen LogP) is 2.23. The van der Waals surface area contributed by atoms with E-state index in [2.05, 4.69) is 14.8 Å². The second kappa shape index (κ2) is 5.99. The van der Waals surface area contributed by atoms with Gasteiger partial charge in [-0.2, -0.15) is 0 Å². The standard InChI is InChI=1S/C13H18Cl2N4/c1-18(2)5-6-19-12(8-17-13(19)16)9-3-4-10(14)11(15)7-9/h3-4,7,12H,5-6,8H2,1-2H3,(H2,16,17). The Labute approximate surface area is 123 Å². The number of rotatable bonds is 4. The number of nitrogens with two attached hydrogens (primary N) is 1. The molecule has 0 aliphatic carbocycles. The minimum absolute atomic E-state index is 0.148. The molecular formula is C13H18Cl2N4. The first-order chi connectivity index (χ1) is 8.99. The molecule has 1 unspecified atom stereocenters. The van der Waals surface area contributed by atoms with Gasteiger partial charge in [0.1, 0.15) is 0 Å². The minimum Gasteiger partial charge on any atom is -0.370 e. The smallest absolute Gasteiger partial charge is 0.191 e. The Balaban J connectivity index is 2.16. The lowest BCUT2D eigenvalue weighted by Gasteiger charge is -2.28. The topological polar surface area (TPSA) is 44.9 Å². The van der Waals surface area contributed by atoms with Crippen molar-refractivity contribution >= 4 is 29.2 Å². The summed E-state index contributed by atoms with van der Waals surface area (Å²) in [4.78, 5) is 8.56. The average molecular weight is 301 g/mol. The zero-order valence-corrected chi connectivity index (χ0v) is 12.6. The quantitative estimate of drug-likeness (QED) is 0.927. The first kappa shape index (κ1) is 14.4. The van der Waals surface area contributed by atoms with Gasteiger partial charge in [-0.3, -0.25) is 4.99 Å². The van der Waals surface area contributed by atoms with E-state index in [1.807, 2.05) is 32.3 Å². The molecule has 0 radical (unpaired) electrons. The summed E-state index contributed by atoms with van der Waals surface area (Å²) >= 11 is 12.0. The van der Waals surface area contributed by atoms with Crippen molar-refractivity contribution in [2.45, 2.75) is 6.04 Å². The van der Waals surface area contributed by atoms with Crippen molar-refractivity contribution in [3.8, 4) is 0 Å². The fraction of sp³-hybridized carbons (Fsp3) is 0.462. The summed E-state index contributed by atoms with van der Waals surface area (Å²) in [6, 6.07) is 5.84. The first-order valence-electron chi connectivity index (χ1n) is 6.15. The third-order valence-corrected chi connectivity index (χ3v) is 3.95.